The maximum absolute atomic E-state index is 5.62. The largest absolute Gasteiger partial charge is 0.400 e. The van der Waals surface area contributed by atoms with Crippen LogP contribution in [0.3, 0.4) is 0 Å². The van der Waals surface area contributed by atoms with Crippen molar-refractivity contribution >= 4 is 9.28 Å². The quantitative estimate of drug-likeness (QED) is 0.673. The van der Waals surface area contributed by atoms with Crippen LogP contribution in [0.2, 0.25) is 5.04 Å². The summed E-state index contributed by atoms with van der Waals surface area (Å²) in [6.07, 6.45) is 6.72. The average molecular weight is 216 g/mol. The second-order valence-corrected chi connectivity index (χ2v) is 7.51. The molecule has 0 aromatic heterocycles. The van der Waals surface area contributed by atoms with E-state index in [4.69, 9.17) is 8.85 Å². The van der Waals surface area contributed by atoms with Gasteiger partial charge in [0.15, 0.2) is 0 Å². The van der Waals surface area contributed by atoms with Crippen molar-refractivity contribution in [2.75, 3.05) is 14.2 Å². The van der Waals surface area contributed by atoms with Crippen LogP contribution >= 0.6 is 0 Å². The van der Waals surface area contributed by atoms with Crippen LogP contribution in [0.15, 0.2) is 0 Å². The highest BCUT2D eigenvalue weighted by molar-refractivity contribution is 6.48. The minimum Gasteiger partial charge on any atom is -0.400 e. The van der Waals surface area contributed by atoms with Crippen LogP contribution in [-0.2, 0) is 8.85 Å². The number of hydrogen-bond donors (Lipinski definition) is 0. The van der Waals surface area contributed by atoms with Gasteiger partial charge in [0.05, 0.1) is 0 Å². The molecule has 1 saturated carbocycles. The normalized spacial score (nSPS) is 21.9. The van der Waals surface area contributed by atoms with Gasteiger partial charge in [-0.2, -0.15) is 0 Å². The van der Waals surface area contributed by atoms with Gasteiger partial charge in [-0.15, -0.1) is 0 Å². The summed E-state index contributed by atoms with van der Waals surface area (Å²) in [6.45, 7) is 4.65. The Morgan fingerprint density at radius 1 is 1.00 bits per heavy atom. The molecular weight excluding hydrogens is 192 g/mol. The molecule has 0 amide bonds. The molecule has 0 atom stereocenters. The fourth-order valence-electron chi connectivity index (χ4n) is 2.86. The Morgan fingerprint density at radius 3 is 1.86 bits per heavy atom. The van der Waals surface area contributed by atoms with Crippen molar-refractivity contribution in [1.82, 2.24) is 0 Å². The van der Waals surface area contributed by atoms with E-state index in [1.165, 1.54) is 32.1 Å². The monoisotopic (exact) mass is 216 g/mol. The Hall–Kier alpha value is 0.137. The van der Waals surface area contributed by atoms with Crippen molar-refractivity contribution in [3.05, 3.63) is 0 Å². The summed E-state index contributed by atoms with van der Waals surface area (Å²) in [4.78, 5) is 0. The molecule has 0 saturated heterocycles. The van der Waals surface area contributed by atoms with Crippen LogP contribution in [0.25, 0.3) is 0 Å². The van der Waals surface area contributed by atoms with Gasteiger partial charge in [-0.3, -0.25) is 0 Å². The fourth-order valence-corrected chi connectivity index (χ4v) is 5.42. The van der Waals surface area contributed by atoms with Gasteiger partial charge in [-0.1, -0.05) is 33.1 Å². The van der Waals surface area contributed by atoms with Crippen LogP contribution in [0, 0.1) is 5.92 Å². The molecular formula is C11H24O2Si. The Morgan fingerprint density at radius 2 is 1.50 bits per heavy atom. The third kappa shape index (κ3) is 2.20. The van der Waals surface area contributed by atoms with E-state index in [1.807, 2.05) is 14.2 Å². The minimum atomic E-state index is -1.47. The summed E-state index contributed by atoms with van der Waals surface area (Å²) in [6, 6.07) is 0. The second-order valence-electron chi connectivity index (χ2n) is 4.75. The molecule has 0 spiro atoms. The summed E-state index contributed by atoms with van der Waals surface area (Å²) in [5.41, 5.74) is 0. The van der Waals surface area contributed by atoms with E-state index in [9.17, 15) is 0 Å². The maximum atomic E-state index is 5.62. The lowest BCUT2D eigenvalue weighted by Crippen LogP contribution is -2.42. The highest BCUT2D eigenvalue weighted by atomic mass is 28.3. The zero-order valence-electron chi connectivity index (χ0n) is 10.0. The molecule has 0 aliphatic heterocycles. The average Bonchev–Trinajstić information content (AvgIpc) is 2.21. The van der Waals surface area contributed by atoms with Gasteiger partial charge in [0.1, 0.15) is 0 Å². The first-order valence-corrected chi connectivity index (χ1v) is 7.25. The first-order chi connectivity index (χ1) is 6.67. The lowest BCUT2D eigenvalue weighted by molar-refractivity contribution is 0.179. The Bertz CT molecular complexity index is 161. The zero-order chi connectivity index (χ0) is 10.6. The van der Waals surface area contributed by atoms with Crippen molar-refractivity contribution in [1.29, 1.82) is 0 Å². The first-order valence-electron chi connectivity index (χ1n) is 5.73. The molecule has 0 aromatic rings. The number of hydrogen-bond acceptors (Lipinski definition) is 2. The van der Waals surface area contributed by atoms with Gasteiger partial charge in [0, 0.05) is 19.3 Å². The van der Waals surface area contributed by atoms with E-state index in [0.717, 1.165) is 0 Å². The van der Waals surface area contributed by atoms with Crippen molar-refractivity contribution < 1.29 is 8.85 Å². The van der Waals surface area contributed by atoms with Crippen molar-refractivity contribution in [3.8, 4) is 0 Å². The fraction of sp³-hybridized carbons (Fsp3) is 1.00. The molecule has 0 unspecified atom stereocenters. The summed E-state index contributed by atoms with van der Waals surface area (Å²) in [7, 11) is 2.17. The lowest BCUT2D eigenvalue weighted by Gasteiger charge is -2.43. The van der Waals surface area contributed by atoms with Gasteiger partial charge >= 0.3 is 9.28 Å². The molecule has 1 rings (SSSR count). The molecule has 2 nitrogen and oxygen atoms in total. The molecule has 1 aliphatic rings. The highest BCUT2D eigenvalue weighted by Gasteiger charge is 2.45. The van der Waals surface area contributed by atoms with E-state index < -0.39 is 9.28 Å². The van der Waals surface area contributed by atoms with Gasteiger partial charge in [0.25, 0.3) is 0 Å². The molecule has 0 N–H and O–H groups in total. The number of rotatable bonds is 4. The van der Waals surface area contributed by atoms with E-state index in [-0.39, 0.29) is 0 Å². The zero-order valence-corrected chi connectivity index (χ0v) is 11.2. The van der Waals surface area contributed by atoms with Crippen LogP contribution in [0.4, 0.5) is 0 Å². The van der Waals surface area contributed by atoms with Crippen LogP contribution < -0.4 is 0 Å². The van der Waals surface area contributed by atoms with Gasteiger partial charge < -0.3 is 8.85 Å². The predicted octanol–water partition coefficient (Wildman–Crippen LogP) is 2.86. The van der Waals surface area contributed by atoms with Gasteiger partial charge in [0.2, 0.25) is 0 Å². The van der Waals surface area contributed by atoms with Crippen molar-refractivity contribution in [2.45, 2.75) is 51.0 Å². The van der Waals surface area contributed by atoms with E-state index in [0.29, 0.717) is 11.0 Å². The first kappa shape index (κ1) is 12.2. The lowest BCUT2D eigenvalue weighted by atomic mass is 9.80. The van der Waals surface area contributed by atoms with Crippen molar-refractivity contribution in [3.63, 3.8) is 0 Å². The van der Waals surface area contributed by atoms with E-state index >= 15 is 0 Å². The smallest absolute Gasteiger partial charge is 0.327 e. The summed E-state index contributed by atoms with van der Waals surface area (Å²) in [5, 5.41) is 0.391. The summed E-state index contributed by atoms with van der Waals surface area (Å²) < 4.78 is 11.2. The molecule has 3 heteroatoms. The highest BCUT2D eigenvalue weighted by Crippen LogP contribution is 2.51. The molecule has 1 fully saturated rings. The van der Waals surface area contributed by atoms with Gasteiger partial charge in [-0.05, 0) is 18.8 Å². The van der Waals surface area contributed by atoms with E-state index in [1.54, 1.807) is 0 Å². The molecule has 84 valence electrons. The molecule has 0 bridgehead atoms. The van der Waals surface area contributed by atoms with Crippen LogP contribution in [-0.4, -0.2) is 23.5 Å². The Kier molecular flexibility index (Phi) is 4.61. The van der Waals surface area contributed by atoms with Crippen LogP contribution in [0.1, 0.15) is 46.0 Å². The third-order valence-corrected chi connectivity index (χ3v) is 6.87. The molecule has 0 heterocycles. The molecule has 0 aromatic carbocycles. The van der Waals surface area contributed by atoms with Crippen LogP contribution in [0.5, 0.6) is 0 Å². The topological polar surface area (TPSA) is 18.5 Å². The molecule has 14 heavy (non-hydrogen) atoms. The molecule has 1 aliphatic carbocycles. The maximum Gasteiger partial charge on any atom is 0.327 e. The Balaban J connectivity index is 2.78. The van der Waals surface area contributed by atoms with Crippen molar-refractivity contribution in [2.24, 2.45) is 5.92 Å². The summed E-state index contributed by atoms with van der Waals surface area (Å²) in [5.74, 6) is 0.694. The SMILES string of the molecule is CO[SiH](OC)C1(C(C)C)CCCCC1. The Labute approximate surface area is 89.8 Å². The minimum absolute atomic E-state index is 0.391. The molecule has 0 radical (unpaired) electrons. The standard InChI is InChI=1S/C11H24O2Si/c1-10(2)11(14(12-3)13-4)8-6-5-7-9-11/h10,14H,5-9H2,1-4H3. The third-order valence-electron chi connectivity index (χ3n) is 3.83. The van der Waals surface area contributed by atoms with E-state index in [2.05, 4.69) is 13.8 Å². The second kappa shape index (κ2) is 5.28. The summed E-state index contributed by atoms with van der Waals surface area (Å²) >= 11 is 0. The predicted molar refractivity (Wildman–Crippen MR) is 61.8 cm³/mol. The van der Waals surface area contributed by atoms with Gasteiger partial charge in [-0.25, -0.2) is 0 Å².